The largest absolute Gasteiger partial charge is 0.310 e. The molecule has 0 atom stereocenters. The number of rotatable bonds is 5. The maximum atomic E-state index is 4.00. The zero-order valence-electron chi connectivity index (χ0n) is 9.60. The van der Waals surface area contributed by atoms with Crippen LogP contribution in [0.3, 0.4) is 0 Å². The Morgan fingerprint density at radius 1 is 1.41 bits per heavy atom. The van der Waals surface area contributed by atoms with E-state index in [0.29, 0.717) is 13.1 Å². The quantitative estimate of drug-likeness (QED) is 0.910. The fourth-order valence-corrected chi connectivity index (χ4v) is 1.96. The molecular weight excluding hydrogens is 282 g/mol. The standard InChI is InChI=1S/C11H14BrN5/c1-2-13-7-11-14-15-16-17(11)8-9-4-3-5-10(12)6-9/h3-6,13H,2,7-8H2,1H3. The zero-order chi connectivity index (χ0) is 12.1. The molecule has 1 heterocycles. The lowest BCUT2D eigenvalue weighted by atomic mass is 10.2. The van der Waals surface area contributed by atoms with E-state index in [4.69, 9.17) is 0 Å². The highest BCUT2D eigenvalue weighted by molar-refractivity contribution is 9.10. The molecule has 2 aromatic rings. The van der Waals surface area contributed by atoms with Crippen LogP contribution in [0.1, 0.15) is 18.3 Å². The van der Waals surface area contributed by atoms with Crippen LogP contribution in [0.5, 0.6) is 0 Å². The second kappa shape index (κ2) is 5.88. The van der Waals surface area contributed by atoms with Crippen LogP contribution in [0.25, 0.3) is 0 Å². The Morgan fingerprint density at radius 3 is 3.06 bits per heavy atom. The van der Waals surface area contributed by atoms with Gasteiger partial charge in [-0.05, 0) is 34.7 Å². The fraction of sp³-hybridized carbons (Fsp3) is 0.364. The van der Waals surface area contributed by atoms with Crippen LogP contribution in [0, 0.1) is 0 Å². The third kappa shape index (κ3) is 3.34. The molecule has 0 saturated heterocycles. The number of halogens is 1. The molecule has 90 valence electrons. The van der Waals surface area contributed by atoms with Crippen molar-refractivity contribution in [3.05, 3.63) is 40.1 Å². The van der Waals surface area contributed by atoms with Gasteiger partial charge in [0.15, 0.2) is 5.82 Å². The Bertz CT molecular complexity index is 482. The summed E-state index contributed by atoms with van der Waals surface area (Å²) in [7, 11) is 0. The van der Waals surface area contributed by atoms with E-state index in [2.05, 4.69) is 55.8 Å². The van der Waals surface area contributed by atoms with E-state index in [0.717, 1.165) is 16.8 Å². The highest BCUT2D eigenvalue weighted by Crippen LogP contribution is 2.12. The summed E-state index contributed by atoms with van der Waals surface area (Å²) in [4.78, 5) is 0. The van der Waals surface area contributed by atoms with Crippen LogP contribution in [-0.4, -0.2) is 26.8 Å². The number of nitrogens with one attached hydrogen (secondary N) is 1. The van der Waals surface area contributed by atoms with Crippen molar-refractivity contribution in [3.8, 4) is 0 Å². The molecule has 0 amide bonds. The maximum absolute atomic E-state index is 4.00. The normalized spacial score (nSPS) is 10.7. The van der Waals surface area contributed by atoms with Gasteiger partial charge >= 0.3 is 0 Å². The lowest BCUT2D eigenvalue weighted by molar-refractivity contribution is 0.588. The first-order chi connectivity index (χ1) is 8.29. The number of aromatic nitrogens is 4. The third-order valence-electron chi connectivity index (χ3n) is 2.36. The number of benzene rings is 1. The van der Waals surface area contributed by atoms with Gasteiger partial charge in [0.25, 0.3) is 0 Å². The van der Waals surface area contributed by atoms with E-state index in [1.165, 1.54) is 5.56 Å². The molecule has 0 fully saturated rings. The van der Waals surface area contributed by atoms with Gasteiger partial charge in [-0.15, -0.1) is 5.10 Å². The van der Waals surface area contributed by atoms with E-state index in [9.17, 15) is 0 Å². The lowest BCUT2D eigenvalue weighted by Crippen LogP contribution is -2.17. The summed E-state index contributed by atoms with van der Waals surface area (Å²) >= 11 is 3.45. The van der Waals surface area contributed by atoms with Crippen molar-refractivity contribution in [1.82, 2.24) is 25.5 Å². The second-order valence-electron chi connectivity index (χ2n) is 3.66. The Kier molecular flexibility index (Phi) is 4.22. The van der Waals surface area contributed by atoms with Crippen LogP contribution in [0.2, 0.25) is 0 Å². The molecule has 2 rings (SSSR count). The van der Waals surface area contributed by atoms with Crippen molar-refractivity contribution in [2.24, 2.45) is 0 Å². The summed E-state index contributed by atoms with van der Waals surface area (Å²) in [5.41, 5.74) is 1.17. The molecule has 0 spiro atoms. The summed E-state index contributed by atoms with van der Waals surface area (Å²) in [6.07, 6.45) is 0. The minimum absolute atomic E-state index is 0.688. The summed E-state index contributed by atoms with van der Waals surface area (Å²) in [6.45, 7) is 4.34. The van der Waals surface area contributed by atoms with Crippen molar-refractivity contribution in [1.29, 1.82) is 0 Å². The molecule has 1 aromatic carbocycles. The molecule has 17 heavy (non-hydrogen) atoms. The first-order valence-corrected chi connectivity index (χ1v) is 6.29. The van der Waals surface area contributed by atoms with E-state index in [1.54, 1.807) is 0 Å². The van der Waals surface area contributed by atoms with Gasteiger partial charge in [-0.1, -0.05) is 35.0 Å². The van der Waals surface area contributed by atoms with E-state index < -0.39 is 0 Å². The summed E-state index contributed by atoms with van der Waals surface area (Å²) < 4.78 is 2.88. The van der Waals surface area contributed by atoms with Gasteiger partial charge in [0.1, 0.15) is 0 Å². The van der Waals surface area contributed by atoms with Gasteiger partial charge in [0.05, 0.1) is 13.1 Å². The lowest BCUT2D eigenvalue weighted by Gasteiger charge is -2.05. The number of hydrogen-bond donors (Lipinski definition) is 1. The van der Waals surface area contributed by atoms with Crippen molar-refractivity contribution < 1.29 is 0 Å². The first-order valence-electron chi connectivity index (χ1n) is 5.50. The second-order valence-corrected chi connectivity index (χ2v) is 4.58. The van der Waals surface area contributed by atoms with Gasteiger partial charge in [-0.25, -0.2) is 4.68 Å². The highest BCUT2D eigenvalue weighted by Gasteiger charge is 2.05. The van der Waals surface area contributed by atoms with Gasteiger partial charge < -0.3 is 5.32 Å². The molecular formula is C11H14BrN5. The molecule has 0 bridgehead atoms. The SMILES string of the molecule is CCNCc1nnnn1Cc1cccc(Br)c1. The molecule has 0 aliphatic heterocycles. The predicted octanol–water partition coefficient (Wildman–Crippen LogP) is 1.59. The van der Waals surface area contributed by atoms with Gasteiger partial charge in [0.2, 0.25) is 0 Å². The minimum atomic E-state index is 0.688. The summed E-state index contributed by atoms with van der Waals surface area (Å²) in [5, 5.41) is 14.9. The smallest absolute Gasteiger partial charge is 0.165 e. The maximum Gasteiger partial charge on any atom is 0.165 e. The molecule has 0 aliphatic carbocycles. The molecule has 1 N–H and O–H groups in total. The van der Waals surface area contributed by atoms with Crippen LogP contribution < -0.4 is 5.32 Å². The van der Waals surface area contributed by atoms with Crippen molar-refractivity contribution in [3.63, 3.8) is 0 Å². The molecule has 0 aliphatic rings. The van der Waals surface area contributed by atoms with Crippen LogP contribution in [0.15, 0.2) is 28.7 Å². The number of hydrogen-bond acceptors (Lipinski definition) is 4. The topological polar surface area (TPSA) is 55.6 Å². The average Bonchev–Trinajstić information content (AvgIpc) is 2.74. The Hall–Kier alpha value is -1.27. The van der Waals surface area contributed by atoms with Gasteiger partial charge in [-0.3, -0.25) is 0 Å². The molecule has 6 heteroatoms. The zero-order valence-corrected chi connectivity index (χ0v) is 11.2. The van der Waals surface area contributed by atoms with Crippen LogP contribution in [0.4, 0.5) is 0 Å². The van der Waals surface area contributed by atoms with E-state index in [1.807, 2.05) is 16.8 Å². The minimum Gasteiger partial charge on any atom is -0.310 e. The summed E-state index contributed by atoms with van der Waals surface area (Å²) in [6, 6.07) is 8.14. The molecule has 1 aromatic heterocycles. The Morgan fingerprint density at radius 2 is 2.29 bits per heavy atom. The molecule has 0 radical (unpaired) electrons. The van der Waals surface area contributed by atoms with Gasteiger partial charge in [-0.2, -0.15) is 0 Å². The van der Waals surface area contributed by atoms with E-state index >= 15 is 0 Å². The van der Waals surface area contributed by atoms with E-state index in [-0.39, 0.29) is 0 Å². The Labute approximate surface area is 108 Å². The third-order valence-corrected chi connectivity index (χ3v) is 2.85. The Balaban J connectivity index is 2.10. The molecule has 0 unspecified atom stereocenters. The molecule has 5 nitrogen and oxygen atoms in total. The first kappa shape index (κ1) is 12.2. The summed E-state index contributed by atoms with van der Waals surface area (Å²) in [5.74, 6) is 0.854. The van der Waals surface area contributed by atoms with Crippen molar-refractivity contribution in [2.75, 3.05) is 6.54 Å². The average molecular weight is 296 g/mol. The molecule has 0 saturated carbocycles. The van der Waals surface area contributed by atoms with Crippen molar-refractivity contribution >= 4 is 15.9 Å². The number of nitrogens with zero attached hydrogens (tertiary/aromatic N) is 4. The van der Waals surface area contributed by atoms with Crippen LogP contribution in [-0.2, 0) is 13.1 Å². The van der Waals surface area contributed by atoms with Gasteiger partial charge in [0, 0.05) is 4.47 Å². The van der Waals surface area contributed by atoms with Crippen LogP contribution >= 0.6 is 15.9 Å². The monoisotopic (exact) mass is 295 g/mol. The number of tetrazole rings is 1. The van der Waals surface area contributed by atoms with Crippen molar-refractivity contribution in [2.45, 2.75) is 20.0 Å². The fourth-order valence-electron chi connectivity index (χ4n) is 1.52. The predicted molar refractivity (Wildman–Crippen MR) is 68.4 cm³/mol. The highest BCUT2D eigenvalue weighted by atomic mass is 79.9.